The van der Waals surface area contributed by atoms with Crippen molar-refractivity contribution in [1.82, 2.24) is 5.32 Å². The molecule has 3 rings (SSSR count). The molecule has 30 heavy (non-hydrogen) atoms. The predicted octanol–water partition coefficient (Wildman–Crippen LogP) is 6.91. The van der Waals surface area contributed by atoms with E-state index in [1.807, 2.05) is 42.5 Å². The van der Waals surface area contributed by atoms with Crippen LogP contribution >= 0.6 is 0 Å². The lowest BCUT2D eigenvalue weighted by molar-refractivity contribution is 0.0864. The molecule has 0 bridgehead atoms. The van der Waals surface area contributed by atoms with Crippen molar-refractivity contribution in [2.45, 2.75) is 84.2 Å². The molecular formula is C27H37NO2. The molecule has 3 nitrogen and oxygen atoms in total. The minimum Gasteiger partial charge on any atom is -0.457 e. The maximum Gasteiger partial charge on any atom is 0.163 e. The van der Waals surface area contributed by atoms with Crippen molar-refractivity contribution < 1.29 is 9.53 Å². The van der Waals surface area contributed by atoms with Crippen LogP contribution in [0.3, 0.4) is 0 Å². The Kier molecular flexibility index (Phi) is 6.15. The third kappa shape index (κ3) is 5.72. The molecule has 1 aliphatic rings. The van der Waals surface area contributed by atoms with Gasteiger partial charge < -0.3 is 10.1 Å². The minimum atomic E-state index is 0.00288. The van der Waals surface area contributed by atoms with E-state index in [0.29, 0.717) is 12.3 Å². The summed E-state index contributed by atoms with van der Waals surface area (Å²) in [6.07, 6.45) is 2.64. The number of nitrogens with one attached hydrogen (secondary N) is 1. The Labute approximate surface area is 182 Å². The molecular weight excluding hydrogens is 370 g/mol. The Morgan fingerprint density at radius 1 is 0.967 bits per heavy atom. The van der Waals surface area contributed by atoms with Gasteiger partial charge in [-0.15, -0.1) is 0 Å². The summed E-state index contributed by atoms with van der Waals surface area (Å²) in [5, 5.41) is 3.69. The van der Waals surface area contributed by atoms with Crippen molar-refractivity contribution in [3.63, 3.8) is 0 Å². The zero-order valence-electron chi connectivity index (χ0n) is 19.6. The van der Waals surface area contributed by atoms with Crippen molar-refractivity contribution in [2.75, 3.05) is 0 Å². The Bertz CT molecular complexity index is 872. The van der Waals surface area contributed by atoms with Crippen LogP contribution in [-0.2, 0) is 5.41 Å². The predicted molar refractivity (Wildman–Crippen MR) is 125 cm³/mol. The molecule has 2 aromatic carbocycles. The number of piperidine rings is 1. The SMILES string of the molecule is CC1(C)CC(CC(=O)c2ccc(Oc3ccccc3C(C)(C)C)cc2)CC(C)(C)N1. The zero-order chi connectivity index (χ0) is 22.2. The Morgan fingerprint density at radius 2 is 1.53 bits per heavy atom. The molecule has 1 N–H and O–H groups in total. The van der Waals surface area contributed by atoms with E-state index < -0.39 is 0 Å². The van der Waals surface area contributed by atoms with Crippen LogP contribution in [0, 0.1) is 5.92 Å². The van der Waals surface area contributed by atoms with E-state index in [0.717, 1.165) is 29.9 Å². The second-order valence-corrected chi connectivity index (χ2v) is 11.2. The third-order valence-corrected chi connectivity index (χ3v) is 5.85. The molecule has 0 saturated carbocycles. The summed E-state index contributed by atoms with van der Waals surface area (Å²) in [6, 6.07) is 15.7. The van der Waals surface area contributed by atoms with Crippen LogP contribution in [0.15, 0.2) is 48.5 Å². The van der Waals surface area contributed by atoms with E-state index in [4.69, 9.17) is 4.74 Å². The van der Waals surface area contributed by atoms with Crippen LogP contribution in [-0.4, -0.2) is 16.9 Å². The molecule has 2 aromatic rings. The fraction of sp³-hybridized carbons (Fsp3) is 0.519. The van der Waals surface area contributed by atoms with Gasteiger partial charge in [0, 0.05) is 28.6 Å². The number of hydrogen-bond donors (Lipinski definition) is 1. The Hall–Kier alpha value is -2.13. The quantitative estimate of drug-likeness (QED) is 0.548. The van der Waals surface area contributed by atoms with Gasteiger partial charge in [-0.2, -0.15) is 0 Å². The van der Waals surface area contributed by atoms with Crippen molar-refractivity contribution in [1.29, 1.82) is 0 Å². The highest BCUT2D eigenvalue weighted by Crippen LogP contribution is 2.36. The lowest BCUT2D eigenvalue weighted by Crippen LogP contribution is -2.57. The average Bonchev–Trinajstić information content (AvgIpc) is 2.59. The summed E-state index contributed by atoms with van der Waals surface area (Å²) in [5.74, 6) is 2.24. The van der Waals surface area contributed by atoms with E-state index in [2.05, 4.69) is 59.8 Å². The smallest absolute Gasteiger partial charge is 0.163 e. The first-order valence-corrected chi connectivity index (χ1v) is 11.0. The van der Waals surface area contributed by atoms with E-state index >= 15 is 0 Å². The van der Waals surface area contributed by atoms with Crippen LogP contribution in [0.25, 0.3) is 0 Å². The first-order chi connectivity index (χ1) is 13.8. The largest absolute Gasteiger partial charge is 0.457 e. The fourth-order valence-corrected chi connectivity index (χ4v) is 5.07. The number of para-hydroxylation sites is 1. The molecule has 0 spiro atoms. The van der Waals surface area contributed by atoms with Gasteiger partial charge in [0.15, 0.2) is 5.78 Å². The van der Waals surface area contributed by atoms with Crippen LogP contribution in [0.5, 0.6) is 11.5 Å². The molecule has 0 aromatic heterocycles. The standard InChI is InChI=1S/C27H37NO2/c1-25(2,3)22-10-8-9-11-24(22)30-21-14-12-20(13-15-21)23(29)16-19-17-26(4,5)28-27(6,7)18-19/h8-15,19,28H,16-18H2,1-7H3. The van der Waals surface area contributed by atoms with Gasteiger partial charge >= 0.3 is 0 Å². The summed E-state index contributed by atoms with van der Waals surface area (Å²) in [5.41, 5.74) is 2.06. The van der Waals surface area contributed by atoms with Gasteiger partial charge in [-0.25, -0.2) is 0 Å². The van der Waals surface area contributed by atoms with Crippen LogP contribution < -0.4 is 10.1 Å². The molecule has 0 radical (unpaired) electrons. The van der Waals surface area contributed by atoms with Gasteiger partial charge in [0.2, 0.25) is 0 Å². The van der Waals surface area contributed by atoms with Gasteiger partial charge in [-0.05, 0) is 82.2 Å². The van der Waals surface area contributed by atoms with Crippen LogP contribution in [0.1, 0.15) is 83.7 Å². The van der Waals surface area contributed by atoms with Gasteiger partial charge in [-0.1, -0.05) is 39.0 Å². The maximum atomic E-state index is 12.9. The second-order valence-electron chi connectivity index (χ2n) is 11.2. The number of benzene rings is 2. The molecule has 1 aliphatic heterocycles. The molecule has 1 heterocycles. The normalized spacial score (nSPS) is 18.8. The summed E-state index contributed by atoms with van der Waals surface area (Å²) in [7, 11) is 0. The molecule has 0 atom stereocenters. The van der Waals surface area contributed by atoms with Gasteiger partial charge in [-0.3, -0.25) is 4.79 Å². The summed E-state index contributed by atoms with van der Waals surface area (Å²) < 4.78 is 6.16. The van der Waals surface area contributed by atoms with Crippen LogP contribution in [0.2, 0.25) is 0 Å². The maximum absolute atomic E-state index is 12.9. The highest BCUT2D eigenvalue weighted by atomic mass is 16.5. The minimum absolute atomic E-state index is 0.00288. The van der Waals surface area contributed by atoms with Gasteiger partial charge in [0.05, 0.1) is 0 Å². The highest BCUT2D eigenvalue weighted by Gasteiger charge is 2.38. The zero-order valence-corrected chi connectivity index (χ0v) is 19.6. The third-order valence-electron chi connectivity index (χ3n) is 5.85. The van der Waals surface area contributed by atoms with E-state index in [9.17, 15) is 4.79 Å². The lowest BCUT2D eigenvalue weighted by atomic mass is 9.74. The Morgan fingerprint density at radius 3 is 2.10 bits per heavy atom. The topological polar surface area (TPSA) is 38.3 Å². The lowest BCUT2D eigenvalue weighted by Gasteiger charge is -2.46. The number of carbonyl (C=O) groups excluding carboxylic acids is 1. The number of carbonyl (C=O) groups is 1. The van der Waals surface area contributed by atoms with Gasteiger partial charge in [0.25, 0.3) is 0 Å². The molecule has 1 saturated heterocycles. The summed E-state index contributed by atoms with van der Waals surface area (Å²) in [6.45, 7) is 15.5. The molecule has 3 heteroatoms. The number of hydrogen-bond acceptors (Lipinski definition) is 3. The first-order valence-electron chi connectivity index (χ1n) is 11.0. The fourth-order valence-electron chi connectivity index (χ4n) is 5.07. The highest BCUT2D eigenvalue weighted by molar-refractivity contribution is 5.96. The summed E-state index contributed by atoms with van der Waals surface area (Å²) >= 11 is 0. The summed E-state index contributed by atoms with van der Waals surface area (Å²) in [4.78, 5) is 12.9. The molecule has 0 unspecified atom stereocenters. The van der Waals surface area contributed by atoms with Gasteiger partial charge in [0.1, 0.15) is 11.5 Å². The second kappa shape index (κ2) is 8.19. The molecule has 1 fully saturated rings. The average molecular weight is 408 g/mol. The van der Waals surface area contributed by atoms with Crippen molar-refractivity contribution in [3.05, 3.63) is 59.7 Å². The van der Waals surface area contributed by atoms with Crippen LogP contribution in [0.4, 0.5) is 0 Å². The van der Waals surface area contributed by atoms with Crippen molar-refractivity contribution >= 4 is 5.78 Å². The van der Waals surface area contributed by atoms with E-state index in [1.165, 1.54) is 5.56 Å². The number of Topliss-reactive ketones (excluding diaryl/α,β-unsaturated/α-hetero) is 1. The molecule has 0 amide bonds. The van der Waals surface area contributed by atoms with E-state index in [1.54, 1.807) is 0 Å². The first kappa shape index (κ1) is 22.6. The van der Waals surface area contributed by atoms with E-state index in [-0.39, 0.29) is 22.3 Å². The molecule has 162 valence electrons. The molecule has 0 aliphatic carbocycles. The number of ketones is 1. The van der Waals surface area contributed by atoms with Crippen molar-refractivity contribution in [2.24, 2.45) is 5.92 Å². The monoisotopic (exact) mass is 407 g/mol. The number of rotatable bonds is 5. The Balaban J connectivity index is 1.68. The van der Waals surface area contributed by atoms with Crippen molar-refractivity contribution in [3.8, 4) is 11.5 Å². The number of ether oxygens (including phenoxy) is 1.